The normalized spacial score (nSPS) is 10.8. The third-order valence-electron chi connectivity index (χ3n) is 4.73. The van der Waals surface area contributed by atoms with E-state index in [1.54, 1.807) is 23.4 Å². The summed E-state index contributed by atoms with van der Waals surface area (Å²) in [5.74, 6) is 0.175. The number of rotatable bonds is 6. The molecular formula is C23H21N3O2. The monoisotopic (exact) mass is 371 g/mol. The number of aryl methyl sites for hydroxylation is 1. The average molecular weight is 371 g/mol. The molecule has 2 aromatic heterocycles. The largest absolute Gasteiger partial charge is 0.459 e. The predicted molar refractivity (Wildman–Crippen MR) is 107 cm³/mol. The Balaban J connectivity index is 1.56. The molecule has 0 spiro atoms. The topological polar surface area (TPSA) is 62.1 Å². The first kappa shape index (κ1) is 17.8. The molecule has 28 heavy (non-hydrogen) atoms. The van der Waals surface area contributed by atoms with Gasteiger partial charge in [0, 0.05) is 12.2 Å². The molecule has 0 aliphatic heterocycles. The fourth-order valence-electron chi connectivity index (χ4n) is 3.14. The van der Waals surface area contributed by atoms with E-state index in [1.165, 1.54) is 11.8 Å². The lowest BCUT2D eigenvalue weighted by molar-refractivity contribution is 0.0695. The fourth-order valence-corrected chi connectivity index (χ4v) is 3.14. The van der Waals surface area contributed by atoms with Crippen molar-refractivity contribution in [2.45, 2.75) is 20.0 Å². The number of aromatic nitrogens is 2. The number of amides is 1. The van der Waals surface area contributed by atoms with E-state index in [2.05, 4.69) is 46.4 Å². The van der Waals surface area contributed by atoms with Crippen LogP contribution in [0.5, 0.6) is 0 Å². The zero-order valence-corrected chi connectivity index (χ0v) is 15.6. The first-order chi connectivity index (χ1) is 13.7. The van der Waals surface area contributed by atoms with Crippen LogP contribution < -0.4 is 0 Å². The van der Waals surface area contributed by atoms with Gasteiger partial charge in [-0.25, -0.2) is 4.98 Å². The zero-order valence-electron chi connectivity index (χ0n) is 15.6. The lowest BCUT2D eigenvalue weighted by atomic mass is 10.0. The highest BCUT2D eigenvalue weighted by molar-refractivity contribution is 5.91. The first-order valence-electron chi connectivity index (χ1n) is 9.16. The summed E-state index contributed by atoms with van der Waals surface area (Å²) >= 11 is 0. The summed E-state index contributed by atoms with van der Waals surface area (Å²) in [5.41, 5.74) is 5.17. The number of imidazole rings is 1. The van der Waals surface area contributed by atoms with Crippen molar-refractivity contribution in [2.75, 3.05) is 0 Å². The molecule has 5 heteroatoms. The number of furan rings is 1. The number of aromatic amines is 1. The molecule has 0 saturated carbocycles. The van der Waals surface area contributed by atoms with E-state index in [1.807, 2.05) is 25.1 Å². The van der Waals surface area contributed by atoms with Crippen molar-refractivity contribution in [1.82, 2.24) is 14.9 Å². The van der Waals surface area contributed by atoms with Crippen LogP contribution in [0.1, 0.15) is 27.5 Å². The molecule has 0 atom stereocenters. The van der Waals surface area contributed by atoms with Gasteiger partial charge in [0.15, 0.2) is 5.76 Å². The summed E-state index contributed by atoms with van der Waals surface area (Å²) in [6.45, 7) is 2.84. The second-order valence-corrected chi connectivity index (χ2v) is 6.68. The summed E-state index contributed by atoms with van der Waals surface area (Å²) in [5, 5.41) is 0. The van der Waals surface area contributed by atoms with Crippen LogP contribution in [0.25, 0.3) is 11.1 Å². The third-order valence-corrected chi connectivity index (χ3v) is 4.73. The molecular weight excluding hydrogens is 350 g/mol. The van der Waals surface area contributed by atoms with Gasteiger partial charge in [-0.15, -0.1) is 0 Å². The second kappa shape index (κ2) is 7.96. The SMILES string of the molecule is Cc1[nH]cnc1CN(Cc1ccc(-c2ccccc2)cc1)C(=O)c1ccco1. The second-order valence-electron chi connectivity index (χ2n) is 6.68. The van der Waals surface area contributed by atoms with Crippen LogP contribution in [0.2, 0.25) is 0 Å². The zero-order chi connectivity index (χ0) is 19.3. The van der Waals surface area contributed by atoms with Gasteiger partial charge in [-0.3, -0.25) is 4.79 Å². The number of hydrogen-bond donors (Lipinski definition) is 1. The Morgan fingerprint density at radius 2 is 1.71 bits per heavy atom. The van der Waals surface area contributed by atoms with Gasteiger partial charge in [-0.05, 0) is 35.7 Å². The van der Waals surface area contributed by atoms with Crippen LogP contribution in [0, 0.1) is 6.92 Å². The van der Waals surface area contributed by atoms with Crippen molar-refractivity contribution < 1.29 is 9.21 Å². The maximum atomic E-state index is 12.9. The van der Waals surface area contributed by atoms with Crippen molar-refractivity contribution in [1.29, 1.82) is 0 Å². The molecule has 0 saturated heterocycles. The number of H-pyrrole nitrogens is 1. The van der Waals surface area contributed by atoms with Crippen molar-refractivity contribution in [3.8, 4) is 11.1 Å². The van der Waals surface area contributed by atoms with Crippen LogP contribution in [0.3, 0.4) is 0 Å². The number of nitrogens with zero attached hydrogens (tertiary/aromatic N) is 2. The minimum Gasteiger partial charge on any atom is -0.459 e. The van der Waals surface area contributed by atoms with E-state index in [0.717, 1.165) is 22.5 Å². The van der Waals surface area contributed by atoms with Gasteiger partial charge in [-0.1, -0.05) is 54.6 Å². The predicted octanol–water partition coefficient (Wildman–Crippen LogP) is 4.82. The van der Waals surface area contributed by atoms with Crippen LogP contribution in [0.15, 0.2) is 83.7 Å². The molecule has 0 aliphatic rings. The molecule has 0 fully saturated rings. The molecule has 4 rings (SSSR count). The molecule has 140 valence electrons. The van der Waals surface area contributed by atoms with Gasteiger partial charge in [-0.2, -0.15) is 0 Å². The molecule has 0 radical (unpaired) electrons. The van der Waals surface area contributed by atoms with Crippen molar-refractivity contribution >= 4 is 5.91 Å². The Labute approximate surface area is 163 Å². The molecule has 4 aromatic rings. The number of hydrogen-bond acceptors (Lipinski definition) is 3. The molecule has 0 bridgehead atoms. The first-order valence-corrected chi connectivity index (χ1v) is 9.16. The number of carbonyl (C=O) groups excluding carboxylic acids is 1. The standard InChI is InChI=1S/C23H21N3O2/c1-17-21(25-16-24-17)15-26(23(27)22-8-5-13-28-22)14-18-9-11-20(12-10-18)19-6-3-2-4-7-19/h2-13,16H,14-15H2,1H3,(H,24,25). The fraction of sp³-hybridized carbons (Fsp3) is 0.130. The Morgan fingerprint density at radius 3 is 2.36 bits per heavy atom. The highest BCUT2D eigenvalue weighted by Crippen LogP contribution is 2.21. The summed E-state index contributed by atoms with van der Waals surface area (Å²) in [4.78, 5) is 22.1. The number of nitrogens with one attached hydrogen (secondary N) is 1. The third kappa shape index (κ3) is 3.88. The van der Waals surface area contributed by atoms with Crippen LogP contribution in [-0.2, 0) is 13.1 Å². The minimum absolute atomic E-state index is 0.153. The van der Waals surface area contributed by atoms with Crippen molar-refractivity contribution in [2.24, 2.45) is 0 Å². The lowest BCUT2D eigenvalue weighted by Gasteiger charge is -2.21. The van der Waals surface area contributed by atoms with Crippen LogP contribution in [0.4, 0.5) is 0 Å². The van der Waals surface area contributed by atoms with Gasteiger partial charge in [0.05, 0.1) is 24.8 Å². The van der Waals surface area contributed by atoms with Gasteiger partial charge in [0.25, 0.3) is 5.91 Å². The highest BCUT2D eigenvalue weighted by atomic mass is 16.3. The van der Waals surface area contributed by atoms with E-state index < -0.39 is 0 Å². The van der Waals surface area contributed by atoms with Crippen molar-refractivity contribution in [3.05, 3.63) is 102 Å². The summed E-state index contributed by atoms with van der Waals surface area (Å²) in [7, 11) is 0. The molecule has 0 unspecified atom stereocenters. The molecule has 1 N–H and O–H groups in total. The van der Waals surface area contributed by atoms with E-state index in [0.29, 0.717) is 18.8 Å². The quantitative estimate of drug-likeness (QED) is 0.528. The van der Waals surface area contributed by atoms with Gasteiger partial charge in [0.1, 0.15) is 0 Å². The summed E-state index contributed by atoms with van der Waals surface area (Å²) < 4.78 is 5.32. The van der Waals surface area contributed by atoms with Gasteiger partial charge < -0.3 is 14.3 Å². The van der Waals surface area contributed by atoms with E-state index in [9.17, 15) is 4.79 Å². The molecule has 2 heterocycles. The van der Waals surface area contributed by atoms with Crippen molar-refractivity contribution in [3.63, 3.8) is 0 Å². The summed E-state index contributed by atoms with van der Waals surface area (Å²) in [6, 6.07) is 21.9. The van der Waals surface area contributed by atoms with E-state index >= 15 is 0 Å². The average Bonchev–Trinajstić information content (AvgIpc) is 3.41. The van der Waals surface area contributed by atoms with E-state index in [4.69, 9.17) is 4.42 Å². The van der Waals surface area contributed by atoms with E-state index in [-0.39, 0.29) is 5.91 Å². The van der Waals surface area contributed by atoms with Crippen LogP contribution >= 0.6 is 0 Å². The van der Waals surface area contributed by atoms with Gasteiger partial charge in [0.2, 0.25) is 0 Å². The highest BCUT2D eigenvalue weighted by Gasteiger charge is 2.20. The molecule has 2 aromatic carbocycles. The smallest absolute Gasteiger partial charge is 0.290 e. The Hall–Kier alpha value is -3.60. The Morgan fingerprint density at radius 1 is 0.964 bits per heavy atom. The van der Waals surface area contributed by atoms with Crippen LogP contribution in [-0.4, -0.2) is 20.8 Å². The maximum Gasteiger partial charge on any atom is 0.290 e. The van der Waals surface area contributed by atoms with Gasteiger partial charge >= 0.3 is 0 Å². The lowest BCUT2D eigenvalue weighted by Crippen LogP contribution is -2.30. The molecule has 5 nitrogen and oxygen atoms in total. The molecule has 1 amide bonds. The molecule has 0 aliphatic carbocycles. The Kier molecular flexibility index (Phi) is 5.06. The summed E-state index contributed by atoms with van der Waals surface area (Å²) in [6.07, 6.45) is 3.16. The Bertz CT molecular complexity index is 1040. The number of carbonyl (C=O) groups is 1. The number of benzene rings is 2. The maximum absolute atomic E-state index is 12.9. The minimum atomic E-state index is -0.153.